The van der Waals surface area contributed by atoms with Crippen LogP contribution in [0.2, 0.25) is 0 Å². The molecule has 0 atom stereocenters. The van der Waals surface area contributed by atoms with Crippen LogP contribution >= 0.6 is 11.8 Å². The second-order valence-corrected chi connectivity index (χ2v) is 6.31. The molecule has 0 saturated carbocycles. The molecule has 0 unspecified atom stereocenters. The van der Waals surface area contributed by atoms with Crippen LogP contribution in [0, 0.1) is 11.8 Å². The summed E-state index contributed by atoms with van der Waals surface area (Å²) in [6.07, 6.45) is 7.49. The summed E-state index contributed by atoms with van der Waals surface area (Å²) in [7, 11) is 0. The number of carbonyl (C=O) groups is 1. The van der Waals surface area contributed by atoms with Gasteiger partial charge in [-0.3, -0.25) is 0 Å². The number of amides is 1. The SMILES string of the molecule is CCCCCCC#Cc1cccc(OC(=O)N(CC)CC)c1SC. The number of hydrogen-bond donors (Lipinski definition) is 0. The van der Waals surface area contributed by atoms with E-state index in [1.165, 1.54) is 19.3 Å². The molecule has 0 aliphatic carbocycles. The Balaban J connectivity index is 2.82. The van der Waals surface area contributed by atoms with Crippen molar-refractivity contribution < 1.29 is 9.53 Å². The van der Waals surface area contributed by atoms with Gasteiger partial charge in [0.05, 0.1) is 4.90 Å². The lowest BCUT2D eigenvalue weighted by Gasteiger charge is -2.19. The van der Waals surface area contributed by atoms with Crippen LogP contribution in [-0.2, 0) is 0 Å². The van der Waals surface area contributed by atoms with Gasteiger partial charge in [0.15, 0.2) is 0 Å². The molecule has 24 heavy (non-hydrogen) atoms. The quantitative estimate of drug-likeness (QED) is 0.350. The van der Waals surface area contributed by atoms with Crippen molar-refractivity contribution in [2.24, 2.45) is 0 Å². The fourth-order valence-electron chi connectivity index (χ4n) is 2.34. The average Bonchev–Trinajstić information content (AvgIpc) is 2.59. The van der Waals surface area contributed by atoms with E-state index < -0.39 is 0 Å². The van der Waals surface area contributed by atoms with Gasteiger partial charge in [0, 0.05) is 25.1 Å². The van der Waals surface area contributed by atoms with Crippen molar-refractivity contribution in [1.29, 1.82) is 0 Å². The fourth-order valence-corrected chi connectivity index (χ4v) is 2.99. The zero-order chi connectivity index (χ0) is 17.8. The lowest BCUT2D eigenvalue weighted by atomic mass is 10.1. The highest BCUT2D eigenvalue weighted by Gasteiger charge is 2.15. The second-order valence-electron chi connectivity index (χ2n) is 5.49. The number of carbonyl (C=O) groups excluding carboxylic acids is 1. The van der Waals surface area contributed by atoms with Gasteiger partial charge in [0.25, 0.3) is 0 Å². The Labute approximate surface area is 151 Å². The molecule has 1 rings (SSSR count). The Bertz CT molecular complexity index is 571. The lowest BCUT2D eigenvalue weighted by molar-refractivity contribution is 0.156. The summed E-state index contributed by atoms with van der Waals surface area (Å²) in [6.45, 7) is 7.38. The summed E-state index contributed by atoms with van der Waals surface area (Å²) in [5, 5.41) is 0. The highest BCUT2D eigenvalue weighted by Crippen LogP contribution is 2.31. The highest BCUT2D eigenvalue weighted by molar-refractivity contribution is 7.98. The van der Waals surface area contributed by atoms with Gasteiger partial charge in [-0.15, -0.1) is 11.8 Å². The van der Waals surface area contributed by atoms with Gasteiger partial charge in [-0.25, -0.2) is 4.79 Å². The number of nitrogens with zero attached hydrogens (tertiary/aromatic N) is 1. The van der Waals surface area contributed by atoms with E-state index in [9.17, 15) is 4.79 Å². The van der Waals surface area contributed by atoms with E-state index in [1.54, 1.807) is 16.7 Å². The van der Waals surface area contributed by atoms with Crippen molar-refractivity contribution in [3.05, 3.63) is 23.8 Å². The summed E-state index contributed by atoms with van der Waals surface area (Å²) >= 11 is 1.56. The van der Waals surface area contributed by atoms with Crippen LogP contribution in [0.1, 0.15) is 58.4 Å². The average molecular weight is 348 g/mol. The van der Waals surface area contributed by atoms with Crippen LogP contribution in [0.5, 0.6) is 5.75 Å². The first-order chi connectivity index (χ1) is 11.7. The van der Waals surface area contributed by atoms with Gasteiger partial charge in [0.2, 0.25) is 0 Å². The third kappa shape index (κ3) is 6.49. The van der Waals surface area contributed by atoms with E-state index in [-0.39, 0.29) is 6.09 Å². The van der Waals surface area contributed by atoms with Crippen LogP contribution in [0.15, 0.2) is 23.1 Å². The molecule has 0 saturated heterocycles. The first-order valence-corrected chi connectivity index (χ1v) is 10.0. The number of ether oxygens (including phenoxy) is 1. The minimum atomic E-state index is -0.306. The van der Waals surface area contributed by atoms with Crippen molar-refractivity contribution >= 4 is 17.9 Å². The first kappa shape index (κ1) is 20.4. The molecule has 3 nitrogen and oxygen atoms in total. The molecule has 0 bridgehead atoms. The van der Waals surface area contributed by atoms with E-state index in [0.717, 1.165) is 23.3 Å². The maximum atomic E-state index is 12.2. The zero-order valence-corrected chi connectivity index (χ0v) is 16.2. The smallest absolute Gasteiger partial charge is 0.409 e. The first-order valence-electron chi connectivity index (χ1n) is 8.80. The van der Waals surface area contributed by atoms with E-state index in [4.69, 9.17) is 4.74 Å². The molecule has 4 heteroatoms. The van der Waals surface area contributed by atoms with E-state index in [0.29, 0.717) is 18.8 Å². The van der Waals surface area contributed by atoms with E-state index >= 15 is 0 Å². The molecule has 0 radical (unpaired) electrons. The standard InChI is InChI=1S/C20H29NO2S/c1-5-8-9-10-11-12-14-17-15-13-16-18(19(17)24-4)23-20(22)21(6-2)7-3/h13,15-16H,5-11H2,1-4H3. The van der Waals surface area contributed by atoms with Crippen molar-refractivity contribution in [2.75, 3.05) is 19.3 Å². The number of thioether (sulfide) groups is 1. The van der Waals surface area contributed by atoms with Gasteiger partial charge in [-0.05, 0) is 38.7 Å². The normalized spacial score (nSPS) is 10.0. The van der Waals surface area contributed by atoms with Crippen LogP contribution in [0.25, 0.3) is 0 Å². The summed E-state index contributed by atoms with van der Waals surface area (Å²) in [4.78, 5) is 14.8. The summed E-state index contributed by atoms with van der Waals surface area (Å²) < 4.78 is 5.58. The Morgan fingerprint density at radius 2 is 1.92 bits per heavy atom. The molecule has 0 spiro atoms. The van der Waals surface area contributed by atoms with E-state index in [2.05, 4.69) is 18.8 Å². The Morgan fingerprint density at radius 1 is 1.17 bits per heavy atom. The molecule has 0 aliphatic rings. The Hall–Kier alpha value is -1.60. The number of unbranched alkanes of at least 4 members (excludes halogenated alkanes) is 4. The largest absolute Gasteiger partial charge is 0.415 e. The topological polar surface area (TPSA) is 29.5 Å². The lowest BCUT2D eigenvalue weighted by Crippen LogP contribution is -2.33. The van der Waals surface area contributed by atoms with Crippen molar-refractivity contribution in [1.82, 2.24) is 4.90 Å². The van der Waals surface area contributed by atoms with Crippen molar-refractivity contribution in [2.45, 2.75) is 57.8 Å². The van der Waals surface area contributed by atoms with Gasteiger partial charge in [0.1, 0.15) is 5.75 Å². The van der Waals surface area contributed by atoms with Crippen LogP contribution in [0.4, 0.5) is 4.79 Å². The molecule has 132 valence electrons. The zero-order valence-electron chi connectivity index (χ0n) is 15.4. The summed E-state index contributed by atoms with van der Waals surface area (Å²) in [5.74, 6) is 7.08. The number of benzene rings is 1. The molecule has 0 aromatic heterocycles. The maximum Gasteiger partial charge on any atom is 0.415 e. The third-order valence-corrected chi connectivity index (χ3v) is 4.61. The molecule has 0 fully saturated rings. The number of hydrogen-bond acceptors (Lipinski definition) is 3. The molecular weight excluding hydrogens is 318 g/mol. The molecule has 1 aromatic carbocycles. The number of rotatable bonds is 8. The van der Waals surface area contributed by atoms with Crippen LogP contribution in [0.3, 0.4) is 0 Å². The Kier molecular flexibility index (Phi) is 10.1. The predicted octanol–water partition coefficient (Wildman–Crippen LogP) is 5.57. The van der Waals surface area contributed by atoms with E-state index in [1.807, 2.05) is 38.3 Å². The van der Waals surface area contributed by atoms with Gasteiger partial charge in [-0.2, -0.15) is 0 Å². The monoisotopic (exact) mass is 347 g/mol. The fraction of sp³-hybridized carbons (Fsp3) is 0.550. The predicted molar refractivity (Wildman–Crippen MR) is 103 cm³/mol. The van der Waals surface area contributed by atoms with Gasteiger partial charge >= 0.3 is 6.09 Å². The van der Waals surface area contributed by atoms with Gasteiger partial charge < -0.3 is 9.64 Å². The van der Waals surface area contributed by atoms with Crippen molar-refractivity contribution in [3.63, 3.8) is 0 Å². The molecular formula is C20H29NO2S. The van der Waals surface area contributed by atoms with Crippen molar-refractivity contribution in [3.8, 4) is 17.6 Å². The molecule has 0 heterocycles. The minimum absolute atomic E-state index is 0.306. The van der Waals surface area contributed by atoms with Gasteiger partial charge in [-0.1, -0.05) is 44.1 Å². The highest BCUT2D eigenvalue weighted by atomic mass is 32.2. The maximum absolute atomic E-state index is 12.2. The summed E-state index contributed by atoms with van der Waals surface area (Å²) in [5.41, 5.74) is 0.933. The second kappa shape index (κ2) is 11.9. The van der Waals surface area contributed by atoms with Crippen LogP contribution < -0.4 is 4.74 Å². The summed E-state index contributed by atoms with van der Waals surface area (Å²) in [6, 6.07) is 5.71. The van der Waals surface area contributed by atoms with Crippen LogP contribution in [-0.4, -0.2) is 30.3 Å². The molecule has 1 aromatic rings. The molecule has 0 aliphatic heterocycles. The molecule has 1 amide bonds. The third-order valence-electron chi connectivity index (χ3n) is 3.78. The molecule has 0 N–H and O–H groups in total. The Morgan fingerprint density at radius 3 is 2.54 bits per heavy atom. The minimum Gasteiger partial charge on any atom is -0.409 e.